The third-order valence-electron chi connectivity index (χ3n) is 13.0. The monoisotopic (exact) mass is 915 g/mol. The lowest BCUT2D eigenvalue weighted by Gasteiger charge is -2.18. The molecule has 65 heavy (non-hydrogen) atoms. The average molecular weight is 916 g/mol. The first kappa shape index (κ1) is 62.9. The Hall–Kier alpha value is -2.11. The molecule has 0 spiro atoms. The van der Waals surface area contributed by atoms with Crippen molar-refractivity contribution in [1.29, 1.82) is 0 Å². The lowest BCUT2D eigenvalue weighted by atomic mass is 10.0. The van der Waals surface area contributed by atoms with Crippen LogP contribution in [-0.2, 0) is 28.6 Å². The topological polar surface area (TPSA) is 78.9 Å². The first-order valence-electron chi connectivity index (χ1n) is 28.8. The van der Waals surface area contributed by atoms with Gasteiger partial charge in [-0.1, -0.05) is 270 Å². The zero-order valence-corrected chi connectivity index (χ0v) is 43.8. The summed E-state index contributed by atoms with van der Waals surface area (Å²) in [5, 5.41) is 0. The summed E-state index contributed by atoms with van der Waals surface area (Å²) in [6, 6.07) is 0. The van der Waals surface area contributed by atoms with E-state index in [-0.39, 0.29) is 31.1 Å². The number of carbonyl (C=O) groups excluding carboxylic acids is 3. The Labute approximate surface area is 404 Å². The van der Waals surface area contributed by atoms with Gasteiger partial charge in [0.1, 0.15) is 13.2 Å². The molecule has 6 heteroatoms. The molecule has 0 aromatic carbocycles. The molecule has 0 saturated heterocycles. The second-order valence-corrected chi connectivity index (χ2v) is 19.6. The van der Waals surface area contributed by atoms with Crippen molar-refractivity contribution in [1.82, 2.24) is 0 Å². The predicted molar refractivity (Wildman–Crippen MR) is 279 cm³/mol. The van der Waals surface area contributed by atoms with Gasteiger partial charge in [-0.2, -0.15) is 0 Å². The number of esters is 3. The Morgan fingerprint density at radius 1 is 0.308 bits per heavy atom. The first-order valence-corrected chi connectivity index (χ1v) is 28.8. The van der Waals surface area contributed by atoms with Crippen LogP contribution in [0.1, 0.15) is 316 Å². The van der Waals surface area contributed by atoms with Gasteiger partial charge in [0.05, 0.1) is 0 Å². The molecular formula is C59H110O6. The molecule has 0 amide bonds. The maximum absolute atomic E-state index is 12.8. The highest BCUT2D eigenvalue weighted by Gasteiger charge is 2.19. The van der Waals surface area contributed by atoms with Crippen molar-refractivity contribution in [2.24, 2.45) is 0 Å². The summed E-state index contributed by atoms with van der Waals surface area (Å²) in [6.07, 6.45) is 63.3. The molecular weight excluding hydrogens is 805 g/mol. The summed E-state index contributed by atoms with van der Waals surface area (Å²) in [5.74, 6) is -0.870. The molecule has 1 unspecified atom stereocenters. The molecule has 0 radical (unpaired) electrons. The molecule has 0 bridgehead atoms. The lowest BCUT2D eigenvalue weighted by molar-refractivity contribution is -0.167. The smallest absolute Gasteiger partial charge is 0.306 e. The molecule has 0 N–H and O–H groups in total. The third-order valence-corrected chi connectivity index (χ3v) is 13.0. The molecule has 382 valence electrons. The summed E-state index contributed by atoms with van der Waals surface area (Å²) < 4.78 is 16.8. The zero-order chi connectivity index (χ0) is 47.2. The summed E-state index contributed by atoms with van der Waals surface area (Å²) in [7, 11) is 0. The van der Waals surface area contributed by atoms with Crippen LogP contribution in [0.25, 0.3) is 0 Å². The van der Waals surface area contributed by atoms with E-state index in [2.05, 4.69) is 45.1 Å². The van der Waals surface area contributed by atoms with Crippen LogP contribution < -0.4 is 0 Å². The molecule has 0 aliphatic rings. The van der Waals surface area contributed by atoms with E-state index in [9.17, 15) is 14.4 Å². The normalized spacial score (nSPS) is 12.1. The van der Waals surface area contributed by atoms with Gasteiger partial charge in [0, 0.05) is 19.3 Å². The van der Waals surface area contributed by atoms with E-state index in [1.54, 1.807) is 0 Å². The number of hydrogen-bond donors (Lipinski definition) is 0. The van der Waals surface area contributed by atoms with Gasteiger partial charge in [0.15, 0.2) is 6.10 Å². The molecule has 1 atom stereocenters. The Bertz CT molecular complexity index is 1050. The van der Waals surface area contributed by atoms with Crippen molar-refractivity contribution < 1.29 is 28.6 Å². The molecule has 0 aromatic rings. The summed E-state index contributed by atoms with van der Waals surface area (Å²) in [4.78, 5) is 38.0. The number of carbonyl (C=O) groups is 3. The van der Waals surface area contributed by atoms with E-state index in [1.165, 1.54) is 199 Å². The van der Waals surface area contributed by atoms with Crippen molar-refractivity contribution >= 4 is 17.9 Å². The van der Waals surface area contributed by atoms with Crippen LogP contribution in [0.4, 0.5) is 0 Å². The number of ether oxygens (including phenoxy) is 3. The quantitative estimate of drug-likeness (QED) is 0.0262. The van der Waals surface area contributed by atoms with Gasteiger partial charge < -0.3 is 14.2 Å². The van der Waals surface area contributed by atoms with Crippen LogP contribution in [0.3, 0.4) is 0 Å². The largest absolute Gasteiger partial charge is 0.462 e. The molecule has 0 aliphatic heterocycles. The highest BCUT2D eigenvalue weighted by atomic mass is 16.6. The minimum Gasteiger partial charge on any atom is -0.462 e. The van der Waals surface area contributed by atoms with Crippen molar-refractivity contribution in [3.63, 3.8) is 0 Å². The molecule has 0 aromatic heterocycles. The van der Waals surface area contributed by atoms with Crippen molar-refractivity contribution in [3.05, 3.63) is 24.3 Å². The highest BCUT2D eigenvalue weighted by Crippen LogP contribution is 2.17. The number of hydrogen-bond acceptors (Lipinski definition) is 6. The van der Waals surface area contributed by atoms with Crippen LogP contribution in [0.15, 0.2) is 24.3 Å². The van der Waals surface area contributed by atoms with Crippen molar-refractivity contribution in [3.8, 4) is 0 Å². The number of rotatable bonds is 53. The van der Waals surface area contributed by atoms with Crippen LogP contribution in [0.5, 0.6) is 0 Å². The van der Waals surface area contributed by atoms with E-state index < -0.39 is 6.10 Å². The van der Waals surface area contributed by atoms with Crippen molar-refractivity contribution in [2.75, 3.05) is 13.2 Å². The van der Waals surface area contributed by atoms with Crippen LogP contribution in [0, 0.1) is 0 Å². The lowest BCUT2D eigenvalue weighted by Crippen LogP contribution is -2.30. The number of unbranched alkanes of at least 4 members (excludes halogenated alkanes) is 38. The SMILES string of the molecule is CCCCC/C=C\C/C=C\CCCCCCCC(=O)OC(COC(=O)CCCCCCCCCCC)COC(=O)CCCCCCCCCCCCCCCCCCCCCCCCC. The molecule has 0 rings (SSSR count). The average Bonchev–Trinajstić information content (AvgIpc) is 3.30. The summed E-state index contributed by atoms with van der Waals surface area (Å²) in [6.45, 7) is 6.63. The first-order chi connectivity index (χ1) is 32.0. The second-order valence-electron chi connectivity index (χ2n) is 19.6. The maximum Gasteiger partial charge on any atom is 0.306 e. The van der Waals surface area contributed by atoms with Crippen molar-refractivity contribution in [2.45, 2.75) is 322 Å². The standard InChI is InChI=1S/C59H110O6/c1-4-7-10-13-16-19-21-23-25-26-27-28-29-30-31-32-34-35-37-40-43-46-49-52-58(61)64-55-56(54-63-57(60)51-48-45-42-39-18-15-12-9-6-3)65-59(62)53-50-47-44-41-38-36-33-24-22-20-17-14-11-8-5-2/h17,20,24,33,56H,4-16,18-19,21-23,25-32,34-55H2,1-3H3/b20-17-,33-24-. The predicted octanol–water partition coefficient (Wildman–Crippen LogP) is 19.1. The van der Waals surface area contributed by atoms with E-state index in [0.717, 1.165) is 77.0 Å². The Morgan fingerprint density at radius 2 is 0.554 bits per heavy atom. The van der Waals surface area contributed by atoms with Crippen LogP contribution >= 0.6 is 0 Å². The van der Waals surface area contributed by atoms with Gasteiger partial charge >= 0.3 is 17.9 Å². The molecule has 0 aliphatic carbocycles. The zero-order valence-electron chi connectivity index (χ0n) is 43.8. The van der Waals surface area contributed by atoms with Gasteiger partial charge in [-0.25, -0.2) is 0 Å². The van der Waals surface area contributed by atoms with Crippen LogP contribution in [-0.4, -0.2) is 37.2 Å². The fourth-order valence-electron chi connectivity index (χ4n) is 8.59. The fourth-order valence-corrected chi connectivity index (χ4v) is 8.59. The molecule has 0 heterocycles. The Kier molecular flexibility index (Phi) is 52.7. The van der Waals surface area contributed by atoms with Gasteiger partial charge in [-0.15, -0.1) is 0 Å². The number of allylic oxidation sites excluding steroid dienone is 4. The molecule has 6 nitrogen and oxygen atoms in total. The van der Waals surface area contributed by atoms with Gasteiger partial charge in [-0.05, 0) is 51.4 Å². The minimum absolute atomic E-state index is 0.0720. The van der Waals surface area contributed by atoms with E-state index >= 15 is 0 Å². The second kappa shape index (κ2) is 54.5. The molecule has 0 fully saturated rings. The fraction of sp³-hybridized carbons (Fsp3) is 0.881. The Balaban J connectivity index is 4.18. The van der Waals surface area contributed by atoms with E-state index in [1.807, 2.05) is 0 Å². The third kappa shape index (κ3) is 52.7. The van der Waals surface area contributed by atoms with E-state index in [4.69, 9.17) is 14.2 Å². The van der Waals surface area contributed by atoms with Gasteiger partial charge in [0.25, 0.3) is 0 Å². The van der Waals surface area contributed by atoms with Gasteiger partial charge in [-0.3, -0.25) is 14.4 Å². The van der Waals surface area contributed by atoms with Crippen LogP contribution in [0.2, 0.25) is 0 Å². The summed E-state index contributed by atoms with van der Waals surface area (Å²) in [5.41, 5.74) is 0. The van der Waals surface area contributed by atoms with E-state index in [0.29, 0.717) is 19.3 Å². The Morgan fingerprint density at radius 3 is 0.877 bits per heavy atom. The summed E-state index contributed by atoms with van der Waals surface area (Å²) >= 11 is 0. The minimum atomic E-state index is -0.772. The highest BCUT2D eigenvalue weighted by molar-refractivity contribution is 5.71. The molecule has 0 saturated carbocycles. The van der Waals surface area contributed by atoms with Gasteiger partial charge in [0.2, 0.25) is 0 Å². The maximum atomic E-state index is 12.8.